The molecule has 0 aliphatic carbocycles. The Morgan fingerprint density at radius 2 is 1.78 bits per heavy atom. The fourth-order valence-corrected chi connectivity index (χ4v) is 1.87. The number of nitro benzene ring substituents is 1. The number of carbonyl (C=O) groups is 2. The van der Waals surface area contributed by atoms with Crippen LogP contribution < -0.4 is 5.32 Å². The molecule has 0 spiro atoms. The molecule has 7 heteroatoms. The Hall–Kier alpha value is -3.22. The van der Waals surface area contributed by atoms with E-state index in [4.69, 9.17) is 4.74 Å². The largest absolute Gasteiger partial charge is 0.452 e. The first-order chi connectivity index (χ1) is 11.0. The average Bonchev–Trinajstić information content (AvgIpc) is 2.53. The fourth-order valence-electron chi connectivity index (χ4n) is 1.87. The average molecular weight is 314 g/mol. The van der Waals surface area contributed by atoms with Crippen LogP contribution in [0.1, 0.15) is 15.9 Å². The first-order valence-corrected chi connectivity index (χ1v) is 6.74. The van der Waals surface area contributed by atoms with E-state index in [2.05, 4.69) is 5.32 Å². The number of rotatable bonds is 5. The molecular weight excluding hydrogens is 300 g/mol. The van der Waals surface area contributed by atoms with Crippen LogP contribution >= 0.6 is 0 Å². The van der Waals surface area contributed by atoms with Crippen molar-refractivity contribution < 1.29 is 19.2 Å². The Bertz CT molecular complexity index is 740. The molecule has 2 aromatic carbocycles. The van der Waals surface area contributed by atoms with Gasteiger partial charge in [0.2, 0.25) is 0 Å². The van der Waals surface area contributed by atoms with Crippen LogP contribution in [0.25, 0.3) is 0 Å². The molecule has 0 atom stereocenters. The molecule has 0 radical (unpaired) electrons. The van der Waals surface area contributed by atoms with Crippen molar-refractivity contribution in [3.63, 3.8) is 0 Å². The number of nitro groups is 1. The van der Waals surface area contributed by atoms with Gasteiger partial charge < -0.3 is 10.1 Å². The highest BCUT2D eigenvalue weighted by Crippen LogP contribution is 2.15. The lowest BCUT2D eigenvalue weighted by Gasteiger charge is -2.08. The van der Waals surface area contributed by atoms with E-state index in [-0.39, 0.29) is 5.69 Å². The summed E-state index contributed by atoms with van der Waals surface area (Å²) in [5.41, 5.74) is 1.46. The van der Waals surface area contributed by atoms with Gasteiger partial charge in [0.25, 0.3) is 11.6 Å². The predicted octanol–water partition coefficient (Wildman–Crippen LogP) is 2.70. The van der Waals surface area contributed by atoms with Gasteiger partial charge in [0.15, 0.2) is 6.61 Å². The van der Waals surface area contributed by atoms with E-state index in [1.807, 2.05) is 0 Å². The van der Waals surface area contributed by atoms with Crippen molar-refractivity contribution >= 4 is 23.3 Å². The molecule has 0 aliphatic heterocycles. The molecule has 23 heavy (non-hydrogen) atoms. The third-order valence-corrected chi connectivity index (χ3v) is 3.06. The SMILES string of the molecule is Cc1ccccc1C(=O)OCC(=O)Nc1ccc([N+](=O)[O-])cc1. The lowest BCUT2D eigenvalue weighted by Crippen LogP contribution is -2.21. The van der Waals surface area contributed by atoms with Crippen LogP contribution in [0.5, 0.6) is 0 Å². The molecule has 118 valence electrons. The molecule has 1 N–H and O–H groups in total. The maximum atomic E-state index is 11.9. The number of non-ortho nitro benzene ring substituents is 1. The van der Waals surface area contributed by atoms with Gasteiger partial charge in [0.05, 0.1) is 10.5 Å². The summed E-state index contributed by atoms with van der Waals surface area (Å²) in [6.45, 7) is 1.33. The Balaban J connectivity index is 1.89. The third-order valence-electron chi connectivity index (χ3n) is 3.06. The van der Waals surface area contributed by atoms with Crippen molar-refractivity contribution in [3.05, 3.63) is 69.8 Å². The first kappa shape index (κ1) is 16.2. The number of ether oxygens (including phenoxy) is 1. The number of esters is 1. The summed E-state index contributed by atoms with van der Waals surface area (Å²) in [5, 5.41) is 13.0. The highest BCUT2D eigenvalue weighted by Gasteiger charge is 2.12. The van der Waals surface area contributed by atoms with Crippen LogP contribution in [0.2, 0.25) is 0 Å². The topological polar surface area (TPSA) is 98.5 Å². The minimum atomic E-state index is -0.582. The van der Waals surface area contributed by atoms with E-state index in [1.54, 1.807) is 31.2 Å². The van der Waals surface area contributed by atoms with Crippen molar-refractivity contribution in [1.82, 2.24) is 0 Å². The number of hydrogen-bond acceptors (Lipinski definition) is 5. The second-order valence-corrected chi connectivity index (χ2v) is 4.74. The normalized spacial score (nSPS) is 9.96. The zero-order chi connectivity index (χ0) is 16.8. The van der Waals surface area contributed by atoms with Crippen LogP contribution in [0.15, 0.2) is 48.5 Å². The summed E-state index contributed by atoms with van der Waals surface area (Å²) in [5.74, 6) is -1.11. The smallest absolute Gasteiger partial charge is 0.338 e. The Morgan fingerprint density at radius 3 is 2.39 bits per heavy atom. The van der Waals surface area contributed by atoms with E-state index >= 15 is 0 Å². The van der Waals surface area contributed by atoms with E-state index in [0.717, 1.165) is 5.56 Å². The molecule has 0 aliphatic rings. The van der Waals surface area contributed by atoms with E-state index in [1.165, 1.54) is 24.3 Å². The second-order valence-electron chi connectivity index (χ2n) is 4.74. The van der Waals surface area contributed by atoms with Gasteiger partial charge in [-0.1, -0.05) is 18.2 Å². The Morgan fingerprint density at radius 1 is 1.13 bits per heavy atom. The predicted molar refractivity (Wildman–Crippen MR) is 83.2 cm³/mol. The van der Waals surface area contributed by atoms with Crippen molar-refractivity contribution in [2.75, 3.05) is 11.9 Å². The molecule has 2 aromatic rings. The molecule has 7 nitrogen and oxygen atoms in total. The Kier molecular flexibility index (Phi) is 5.03. The van der Waals surface area contributed by atoms with E-state index in [9.17, 15) is 19.7 Å². The molecule has 1 amide bonds. The monoisotopic (exact) mass is 314 g/mol. The number of anilines is 1. The van der Waals surface area contributed by atoms with Gasteiger partial charge in [-0.2, -0.15) is 0 Å². The number of aryl methyl sites for hydroxylation is 1. The van der Waals surface area contributed by atoms with Gasteiger partial charge in [-0.25, -0.2) is 4.79 Å². The number of benzene rings is 2. The highest BCUT2D eigenvalue weighted by molar-refractivity contribution is 5.96. The molecule has 0 unspecified atom stereocenters. The maximum absolute atomic E-state index is 11.9. The number of hydrogen-bond donors (Lipinski definition) is 1. The van der Waals surface area contributed by atoms with Crippen LogP contribution in [0.4, 0.5) is 11.4 Å². The van der Waals surface area contributed by atoms with E-state index in [0.29, 0.717) is 11.3 Å². The summed E-state index contributed by atoms with van der Waals surface area (Å²) >= 11 is 0. The molecule has 0 saturated carbocycles. The molecule has 0 heterocycles. The maximum Gasteiger partial charge on any atom is 0.338 e. The van der Waals surface area contributed by atoms with Crippen molar-refractivity contribution in [1.29, 1.82) is 0 Å². The quantitative estimate of drug-likeness (QED) is 0.519. The summed E-state index contributed by atoms with van der Waals surface area (Å²) in [6.07, 6.45) is 0. The van der Waals surface area contributed by atoms with Crippen molar-refractivity contribution in [2.45, 2.75) is 6.92 Å². The lowest BCUT2D eigenvalue weighted by atomic mass is 10.1. The molecule has 0 fully saturated rings. The van der Waals surface area contributed by atoms with Gasteiger partial charge in [-0.15, -0.1) is 0 Å². The molecule has 2 rings (SSSR count). The van der Waals surface area contributed by atoms with Gasteiger partial charge in [0.1, 0.15) is 0 Å². The first-order valence-electron chi connectivity index (χ1n) is 6.74. The summed E-state index contributed by atoms with van der Waals surface area (Å²) in [7, 11) is 0. The van der Waals surface area contributed by atoms with Gasteiger partial charge in [-0.3, -0.25) is 14.9 Å². The van der Waals surface area contributed by atoms with Crippen molar-refractivity contribution in [3.8, 4) is 0 Å². The van der Waals surface area contributed by atoms with Crippen LogP contribution in [0, 0.1) is 17.0 Å². The number of carbonyl (C=O) groups excluding carboxylic acids is 2. The molecule has 0 saturated heterocycles. The molecule has 0 bridgehead atoms. The standard InChI is InChI=1S/C16H14N2O5/c1-11-4-2-3-5-14(11)16(20)23-10-15(19)17-12-6-8-13(9-7-12)18(21)22/h2-9H,10H2,1H3,(H,17,19). The molecular formula is C16H14N2O5. The summed E-state index contributed by atoms with van der Waals surface area (Å²) in [4.78, 5) is 33.6. The minimum absolute atomic E-state index is 0.0750. The Labute approximate surface area is 132 Å². The number of nitrogens with one attached hydrogen (secondary N) is 1. The second kappa shape index (κ2) is 7.17. The fraction of sp³-hybridized carbons (Fsp3) is 0.125. The summed E-state index contributed by atoms with van der Waals surface area (Å²) in [6, 6.07) is 12.2. The van der Waals surface area contributed by atoms with Crippen LogP contribution in [0.3, 0.4) is 0 Å². The highest BCUT2D eigenvalue weighted by atomic mass is 16.6. The minimum Gasteiger partial charge on any atom is -0.452 e. The van der Waals surface area contributed by atoms with Gasteiger partial charge in [-0.05, 0) is 30.7 Å². The lowest BCUT2D eigenvalue weighted by molar-refractivity contribution is -0.384. The summed E-state index contributed by atoms with van der Waals surface area (Å²) < 4.78 is 4.95. The zero-order valence-electron chi connectivity index (χ0n) is 12.3. The third kappa shape index (κ3) is 4.37. The number of nitrogens with zero attached hydrogens (tertiary/aromatic N) is 1. The van der Waals surface area contributed by atoms with Gasteiger partial charge in [0, 0.05) is 17.8 Å². The molecule has 0 aromatic heterocycles. The van der Waals surface area contributed by atoms with Crippen LogP contribution in [-0.2, 0) is 9.53 Å². The van der Waals surface area contributed by atoms with Gasteiger partial charge >= 0.3 is 5.97 Å². The zero-order valence-corrected chi connectivity index (χ0v) is 12.3. The van der Waals surface area contributed by atoms with E-state index < -0.39 is 23.4 Å². The van der Waals surface area contributed by atoms with Crippen LogP contribution in [-0.4, -0.2) is 23.4 Å². The van der Waals surface area contributed by atoms with Crippen molar-refractivity contribution in [2.24, 2.45) is 0 Å². The number of amides is 1.